The highest BCUT2D eigenvalue weighted by atomic mass is 35.5. The molecular weight excluding hydrogens is 493 g/mol. The van der Waals surface area contributed by atoms with Gasteiger partial charge in [-0.25, -0.2) is 9.50 Å². The van der Waals surface area contributed by atoms with Gasteiger partial charge < -0.3 is 5.32 Å². The van der Waals surface area contributed by atoms with E-state index in [1.165, 1.54) is 12.3 Å². The van der Waals surface area contributed by atoms with E-state index in [1.54, 1.807) is 35.1 Å². The summed E-state index contributed by atoms with van der Waals surface area (Å²) in [6.45, 7) is 2.49. The van der Waals surface area contributed by atoms with Gasteiger partial charge in [0.2, 0.25) is 0 Å². The van der Waals surface area contributed by atoms with Crippen molar-refractivity contribution in [2.24, 2.45) is 0 Å². The largest absolute Gasteiger partial charge is 0.433 e. The maximum absolute atomic E-state index is 13.8. The summed E-state index contributed by atoms with van der Waals surface area (Å²) in [5.74, 6) is -0.684. The number of benzene rings is 2. The number of alkyl halides is 3. The predicted octanol–water partition coefficient (Wildman–Crippen LogP) is 5.87. The second-order valence-corrected chi connectivity index (χ2v) is 8.63. The van der Waals surface area contributed by atoms with Crippen molar-refractivity contribution in [1.29, 1.82) is 0 Å². The quantitative estimate of drug-likeness (QED) is 0.320. The van der Waals surface area contributed by atoms with Crippen molar-refractivity contribution in [3.63, 3.8) is 0 Å². The number of anilines is 1. The van der Waals surface area contributed by atoms with Crippen LogP contribution < -0.4 is 5.32 Å². The first kappa shape index (κ1) is 23.6. The van der Waals surface area contributed by atoms with E-state index >= 15 is 0 Å². The summed E-state index contributed by atoms with van der Waals surface area (Å²) in [6.07, 6.45) is -1.63. The zero-order valence-electron chi connectivity index (χ0n) is 18.8. The van der Waals surface area contributed by atoms with Crippen molar-refractivity contribution in [1.82, 2.24) is 24.4 Å². The maximum Gasteiger partial charge on any atom is 0.433 e. The molecule has 0 saturated heterocycles. The van der Waals surface area contributed by atoms with Crippen LogP contribution in [0.25, 0.3) is 16.9 Å². The number of rotatable bonds is 5. The first-order valence-electron chi connectivity index (χ1n) is 10.8. The summed E-state index contributed by atoms with van der Waals surface area (Å²) >= 11 is 5.89. The minimum absolute atomic E-state index is 0.0794. The maximum atomic E-state index is 13.8. The van der Waals surface area contributed by atoms with Gasteiger partial charge in [0.1, 0.15) is 0 Å². The van der Waals surface area contributed by atoms with E-state index in [1.807, 2.05) is 31.2 Å². The number of amides is 1. The summed E-state index contributed by atoms with van der Waals surface area (Å²) in [6, 6.07) is 16.3. The Morgan fingerprint density at radius 3 is 2.47 bits per heavy atom. The molecule has 0 radical (unpaired) electrons. The molecule has 3 heterocycles. The summed E-state index contributed by atoms with van der Waals surface area (Å²) in [5, 5.41) is 11.2. The number of nitrogens with zero attached hydrogens (tertiary/aromatic N) is 5. The van der Waals surface area contributed by atoms with Crippen LogP contribution in [-0.2, 0) is 12.7 Å². The number of carbonyl (C=O) groups is 1. The Labute approximate surface area is 208 Å². The first-order chi connectivity index (χ1) is 17.2. The van der Waals surface area contributed by atoms with Crippen molar-refractivity contribution in [3.05, 3.63) is 101 Å². The molecule has 0 atom stereocenters. The monoisotopic (exact) mass is 510 g/mol. The first-order valence-corrected chi connectivity index (χ1v) is 11.2. The van der Waals surface area contributed by atoms with Gasteiger partial charge >= 0.3 is 6.18 Å². The lowest BCUT2D eigenvalue weighted by molar-refractivity contribution is -0.142. The molecule has 36 heavy (non-hydrogen) atoms. The van der Waals surface area contributed by atoms with Crippen LogP contribution in [0.1, 0.15) is 27.3 Å². The van der Waals surface area contributed by atoms with E-state index in [0.717, 1.165) is 17.2 Å². The van der Waals surface area contributed by atoms with E-state index in [0.29, 0.717) is 27.3 Å². The molecule has 3 aromatic heterocycles. The molecule has 5 rings (SSSR count). The van der Waals surface area contributed by atoms with Crippen molar-refractivity contribution in [2.75, 3.05) is 5.32 Å². The Balaban J connectivity index is 1.42. The smallest absolute Gasteiger partial charge is 0.318 e. The van der Waals surface area contributed by atoms with Crippen LogP contribution in [0.2, 0.25) is 5.02 Å². The molecule has 0 saturated carbocycles. The molecule has 0 fully saturated rings. The number of aryl methyl sites for hydroxylation is 1. The lowest BCUT2D eigenvalue weighted by Gasteiger charge is -2.11. The van der Waals surface area contributed by atoms with Crippen LogP contribution in [0.5, 0.6) is 0 Å². The van der Waals surface area contributed by atoms with Gasteiger partial charge in [-0.1, -0.05) is 53.6 Å². The fraction of sp³-hybridized carbons (Fsp3) is 0.120. The van der Waals surface area contributed by atoms with Crippen molar-refractivity contribution in [3.8, 4) is 11.3 Å². The minimum Gasteiger partial charge on any atom is -0.318 e. The number of fused-ring (bicyclic) bond motifs is 1. The van der Waals surface area contributed by atoms with Crippen LogP contribution in [0.15, 0.2) is 73.1 Å². The third-order valence-corrected chi connectivity index (χ3v) is 5.70. The molecule has 0 unspecified atom stereocenters. The average Bonchev–Trinajstić information content (AvgIpc) is 3.46. The highest BCUT2D eigenvalue weighted by Crippen LogP contribution is 2.32. The molecule has 7 nitrogen and oxygen atoms in total. The highest BCUT2D eigenvalue weighted by Gasteiger charge is 2.35. The lowest BCUT2D eigenvalue weighted by atomic mass is 10.1. The van der Waals surface area contributed by atoms with Crippen molar-refractivity contribution in [2.45, 2.75) is 19.6 Å². The van der Waals surface area contributed by atoms with Gasteiger partial charge in [-0.15, -0.1) is 0 Å². The van der Waals surface area contributed by atoms with Gasteiger partial charge in [0, 0.05) is 22.8 Å². The molecule has 1 N–H and O–H groups in total. The molecular formula is C25H18ClF3N6O. The third kappa shape index (κ3) is 4.94. The van der Waals surface area contributed by atoms with Gasteiger partial charge in [-0.2, -0.15) is 23.4 Å². The third-order valence-electron chi connectivity index (χ3n) is 5.45. The Morgan fingerprint density at radius 1 is 1.06 bits per heavy atom. The normalized spacial score (nSPS) is 11.7. The van der Waals surface area contributed by atoms with Crippen LogP contribution in [-0.4, -0.2) is 30.3 Å². The highest BCUT2D eigenvalue weighted by molar-refractivity contribution is 6.30. The number of hydrogen-bond donors (Lipinski definition) is 1. The lowest BCUT2D eigenvalue weighted by Crippen LogP contribution is -2.15. The van der Waals surface area contributed by atoms with E-state index in [4.69, 9.17) is 11.6 Å². The molecule has 0 spiro atoms. The predicted molar refractivity (Wildman–Crippen MR) is 129 cm³/mol. The zero-order valence-corrected chi connectivity index (χ0v) is 19.5. The van der Waals surface area contributed by atoms with Gasteiger partial charge in [0.05, 0.1) is 24.1 Å². The Morgan fingerprint density at radius 2 is 1.78 bits per heavy atom. The van der Waals surface area contributed by atoms with E-state index in [9.17, 15) is 18.0 Å². The van der Waals surface area contributed by atoms with Crippen LogP contribution in [0, 0.1) is 6.92 Å². The number of nitrogens with one attached hydrogen (secondary N) is 1. The number of aromatic nitrogens is 5. The SMILES string of the molecule is Cc1ccc(Cn2cc(NC(=O)c3cc4nc(-c5ccc(Cl)cc5)cc(C(F)(F)F)n4n3)cn2)cc1. The van der Waals surface area contributed by atoms with Gasteiger partial charge in [-0.05, 0) is 30.7 Å². The standard InChI is InChI=1S/C25H18ClF3N6O/c1-15-2-4-16(5-3-15)13-34-14-19(12-30-34)31-24(36)21-11-23-32-20(17-6-8-18(26)9-7-17)10-22(25(27,28)29)35(23)33-21/h2-12,14H,13H2,1H3,(H,31,36). The van der Waals surface area contributed by atoms with Gasteiger partial charge in [-0.3, -0.25) is 9.48 Å². The van der Waals surface area contributed by atoms with E-state index in [2.05, 4.69) is 20.5 Å². The number of hydrogen-bond acceptors (Lipinski definition) is 4. The summed E-state index contributed by atoms with van der Waals surface area (Å²) in [7, 11) is 0. The second-order valence-electron chi connectivity index (χ2n) is 8.20. The fourth-order valence-electron chi connectivity index (χ4n) is 3.65. The van der Waals surface area contributed by atoms with Crippen molar-refractivity contribution < 1.29 is 18.0 Å². The molecule has 0 aliphatic heterocycles. The van der Waals surface area contributed by atoms with Crippen molar-refractivity contribution >= 4 is 28.8 Å². The fourth-order valence-corrected chi connectivity index (χ4v) is 3.77. The zero-order chi connectivity index (χ0) is 25.4. The Hall–Kier alpha value is -4.18. The van der Waals surface area contributed by atoms with E-state index in [-0.39, 0.29) is 17.0 Å². The molecule has 0 bridgehead atoms. The molecule has 182 valence electrons. The molecule has 1 amide bonds. The summed E-state index contributed by atoms with van der Waals surface area (Å²) in [5.41, 5.74) is 1.70. The Bertz CT molecular complexity index is 1560. The topological polar surface area (TPSA) is 77.1 Å². The average molecular weight is 511 g/mol. The Kier molecular flexibility index (Phi) is 5.97. The van der Waals surface area contributed by atoms with E-state index < -0.39 is 17.8 Å². The molecule has 5 aromatic rings. The molecule has 0 aliphatic carbocycles. The van der Waals surface area contributed by atoms with Gasteiger partial charge in [0.25, 0.3) is 5.91 Å². The number of carbonyl (C=O) groups excluding carboxylic acids is 1. The van der Waals surface area contributed by atoms with Gasteiger partial charge in [0.15, 0.2) is 17.0 Å². The summed E-state index contributed by atoms with van der Waals surface area (Å²) < 4.78 is 43.7. The second kappa shape index (κ2) is 9.12. The minimum atomic E-state index is -4.72. The molecule has 11 heteroatoms. The van der Waals surface area contributed by atoms with Crippen LogP contribution >= 0.6 is 11.6 Å². The number of halogens is 4. The van der Waals surface area contributed by atoms with Crippen LogP contribution in [0.3, 0.4) is 0 Å². The molecule has 0 aliphatic rings. The molecule has 2 aromatic carbocycles. The van der Waals surface area contributed by atoms with Crippen LogP contribution in [0.4, 0.5) is 18.9 Å². The summed E-state index contributed by atoms with van der Waals surface area (Å²) in [4.78, 5) is 17.1.